The van der Waals surface area contributed by atoms with Gasteiger partial charge in [0.1, 0.15) is 3.70 Å². The summed E-state index contributed by atoms with van der Waals surface area (Å²) in [6, 6.07) is 16.3. The Labute approximate surface area is 152 Å². The van der Waals surface area contributed by atoms with Gasteiger partial charge in [-0.2, -0.15) is 5.10 Å². The van der Waals surface area contributed by atoms with Crippen LogP contribution in [0.4, 0.5) is 5.69 Å². The van der Waals surface area contributed by atoms with E-state index in [1.807, 2.05) is 30.3 Å². The average molecular weight is 435 g/mol. The lowest BCUT2D eigenvalue weighted by Crippen LogP contribution is -2.01. The van der Waals surface area contributed by atoms with Crippen LogP contribution in [0.25, 0.3) is 5.69 Å². The van der Waals surface area contributed by atoms with E-state index in [1.54, 1.807) is 23.0 Å². The van der Waals surface area contributed by atoms with E-state index in [0.717, 1.165) is 20.5 Å². The SMILES string of the molecule is O=[N+]([O-])c1ccc(-n2ncc(COCc3ccccc3)c2I)cc1. The fourth-order valence-corrected chi connectivity index (χ4v) is 2.91. The number of nitro groups is 1. The Kier molecular flexibility index (Phi) is 5.21. The summed E-state index contributed by atoms with van der Waals surface area (Å²) in [4.78, 5) is 10.3. The second-order valence-corrected chi connectivity index (χ2v) is 6.15. The molecule has 0 radical (unpaired) electrons. The van der Waals surface area contributed by atoms with Crippen LogP contribution < -0.4 is 0 Å². The standard InChI is InChI=1S/C17H14IN3O3/c18-17-14(12-24-11-13-4-2-1-3-5-13)10-19-20(17)15-6-8-16(9-7-15)21(22)23/h1-10H,11-12H2. The highest BCUT2D eigenvalue weighted by atomic mass is 127. The number of hydrogen-bond donors (Lipinski definition) is 0. The normalized spacial score (nSPS) is 10.7. The molecule has 1 aromatic heterocycles. The summed E-state index contributed by atoms with van der Waals surface area (Å²) >= 11 is 2.20. The molecule has 0 fully saturated rings. The molecular weight excluding hydrogens is 421 g/mol. The van der Waals surface area contributed by atoms with Gasteiger partial charge in [-0.15, -0.1) is 0 Å². The van der Waals surface area contributed by atoms with Gasteiger partial charge in [-0.25, -0.2) is 4.68 Å². The maximum Gasteiger partial charge on any atom is 0.269 e. The third kappa shape index (κ3) is 3.80. The van der Waals surface area contributed by atoms with E-state index in [-0.39, 0.29) is 5.69 Å². The monoisotopic (exact) mass is 435 g/mol. The molecule has 0 unspecified atom stereocenters. The Morgan fingerprint density at radius 1 is 1.08 bits per heavy atom. The van der Waals surface area contributed by atoms with Gasteiger partial charge in [0.25, 0.3) is 5.69 Å². The van der Waals surface area contributed by atoms with Gasteiger partial charge >= 0.3 is 0 Å². The molecule has 0 bridgehead atoms. The van der Waals surface area contributed by atoms with Crippen molar-refractivity contribution >= 4 is 28.3 Å². The quantitative estimate of drug-likeness (QED) is 0.332. The molecule has 0 N–H and O–H groups in total. The van der Waals surface area contributed by atoms with E-state index in [1.165, 1.54) is 12.1 Å². The number of nitrogens with zero attached hydrogens (tertiary/aromatic N) is 3. The van der Waals surface area contributed by atoms with E-state index in [0.29, 0.717) is 13.2 Å². The largest absolute Gasteiger partial charge is 0.372 e. The minimum absolute atomic E-state index is 0.0623. The van der Waals surface area contributed by atoms with Crippen LogP contribution in [0.2, 0.25) is 0 Å². The molecule has 0 spiro atoms. The first-order valence-electron chi connectivity index (χ1n) is 7.24. The molecule has 0 atom stereocenters. The van der Waals surface area contributed by atoms with Gasteiger partial charge in [-0.3, -0.25) is 10.1 Å². The van der Waals surface area contributed by atoms with Crippen molar-refractivity contribution in [3.05, 3.63) is 85.7 Å². The van der Waals surface area contributed by atoms with Crippen LogP contribution in [0.3, 0.4) is 0 Å². The van der Waals surface area contributed by atoms with Crippen molar-refractivity contribution in [2.45, 2.75) is 13.2 Å². The van der Waals surface area contributed by atoms with Crippen LogP contribution in [-0.2, 0) is 18.0 Å². The molecule has 3 rings (SSSR count). The Morgan fingerprint density at radius 3 is 2.46 bits per heavy atom. The van der Waals surface area contributed by atoms with Crippen molar-refractivity contribution in [3.63, 3.8) is 0 Å². The second kappa shape index (κ2) is 7.54. The first kappa shape index (κ1) is 16.6. The summed E-state index contributed by atoms with van der Waals surface area (Å²) in [7, 11) is 0. The Morgan fingerprint density at radius 2 is 1.79 bits per heavy atom. The van der Waals surface area contributed by atoms with Crippen molar-refractivity contribution < 1.29 is 9.66 Å². The Bertz CT molecular complexity index is 832. The molecule has 0 saturated heterocycles. The number of halogens is 1. The zero-order valence-electron chi connectivity index (χ0n) is 12.6. The minimum atomic E-state index is -0.416. The maximum absolute atomic E-state index is 10.7. The molecule has 0 amide bonds. The third-order valence-electron chi connectivity index (χ3n) is 3.45. The molecule has 0 aliphatic rings. The van der Waals surface area contributed by atoms with Crippen molar-refractivity contribution in [2.75, 3.05) is 0 Å². The van der Waals surface area contributed by atoms with Crippen LogP contribution in [0.5, 0.6) is 0 Å². The van der Waals surface area contributed by atoms with Crippen LogP contribution >= 0.6 is 22.6 Å². The average Bonchev–Trinajstić information content (AvgIpc) is 2.97. The molecule has 122 valence electrons. The number of ether oxygens (including phenoxy) is 1. The number of nitro benzene ring substituents is 1. The van der Waals surface area contributed by atoms with Crippen LogP contribution in [0.15, 0.2) is 60.8 Å². The molecule has 3 aromatic rings. The number of non-ortho nitro benzene ring substituents is 1. The highest BCUT2D eigenvalue weighted by molar-refractivity contribution is 14.1. The highest BCUT2D eigenvalue weighted by Crippen LogP contribution is 2.20. The van der Waals surface area contributed by atoms with E-state index in [9.17, 15) is 10.1 Å². The van der Waals surface area contributed by atoms with Gasteiger partial charge in [-0.1, -0.05) is 30.3 Å². The van der Waals surface area contributed by atoms with Crippen molar-refractivity contribution in [3.8, 4) is 5.69 Å². The van der Waals surface area contributed by atoms with E-state index in [4.69, 9.17) is 4.74 Å². The summed E-state index contributed by atoms with van der Waals surface area (Å²) in [5, 5.41) is 15.1. The molecule has 0 aliphatic carbocycles. The molecule has 0 aliphatic heterocycles. The number of hydrogen-bond acceptors (Lipinski definition) is 4. The molecule has 6 nitrogen and oxygen atoms in total. The van der Waals surface area contributed by atoms with Gasteiger partial charge in [0, 0.05) is 17.7 Å². The predicted octanol–water partition coefficient (Wildman–Crippen LogP) is 4.10. The lowest BCUT2D eigenvalue weighted by atomic mass is 10.2. The van der Waals surface area contributed by atoms with Gasteiger partial charge in [0.2, 0.25) is 0 Å². The summed E-state index contributed by atoms with van der Waals surface area (Å²) in [6.07, 6.45) is 1.76. The Hall–Kier alpha value is -2.26. The van der Waals surface area contributed by atoms with E-state index >= 15 is 0 Å². The van der Waals surface area contributed by atoms with Gasteiger partial charge in [-0.05, 0) is 40.3 Å². The topological polar surface area (TPSA) is 70.2 Å². The second-order valence-electron chi connectivity index (χ2n) is 5.12. The zero-order valence-corrected chi connectivity index (χ0v) is 14.8. The number of rotatable bonds is 6. The van der Waals surface area contributed by atoms with E-state index in [2.05, 4.69) is 27.7 Å². The maximum atomic E-state index is 10.7. The molecule has 2 aromatic carbocycles. The lowest BCUT2D eigenvalue weighted by molar-refractivity contribution is -0.384. The first-order chi connectivity index (χ1) is 11.6. The van der Waals surface area contributed by atoms with Crippen molar-refractivity contribution in [2.24, 2.45) is 0 Å². The number of benzene rings is 2. The van der Waals surface area contributed by atoms with Crippen LogP contribution in [-0.4, -0.2) is 14.7 Å². The zero-order chi connectivity index (χ0) is 16.9. The predicted molar refractivity (Wildman–Crippen MR) is 97.9 cm³/mol. The van der Waals surface area contributed by atoms with Gasteiger partial charge < -0.3 is 4.74 Å². The fraction of sp³-hybridized carbons (Fsp3) is 0.118. The minimum Gasteiger partial charge on any atom is -0.372 e. The van der Waals surface area contributed by atoms with Crippen molar-refractivity contribution in [1.29, 1.82) is 0 Å². The highest BCUT2D eigenvalue weighted by Gasteiger charge is 2.11. The van der Waals surface area contributed by atoms with Gasteiger partial charge in [0.05, 0.1) is 30.0 Å². The third-order valence-corrected chi connectivity index (χ3v) is 4.60. The van der Waals surface area contributed by atoms with Crippen molar-refractivity contribution in [1.82, 2.24) is 9.78 Å². The Balaban J connectivity index is 1.68. The smallest absolute Gasteiger partial charge is 0.269 e. The molecule has 24 heavy (non-hydrogen) atoms. The molecule has 7 heteroatoms. The first-order valence-corrected chi connectivity index (χ1v) is 8.32. The summed E-state index contributed by atoms with van der Waals surface area (Å²) in [5.41, 5.74) is 2.94. The molecule has 0 saturated carbocycles. The lowest BCUT2D eigenvalue weighted by Gasteiger charge is -2.05. The van der Waals surface area contributed by atoms with Crippen LogP contribution in [0, 0.1) is 13.8 Å². The molecule has 1 heterocycles. The summed E-state index contributed by atoms with van der Waals surface area (Å²) in [5.74, 6) is 0. The number of aromatic nitrogens is 2. The van der Waals surface area contributed by atoms with Gasteiger partial charge in [0.15, 0.2) is 0 Å². The van der Waals surface area contributed by atoms with E-state index < -0.39 is 4.92 Å². The summed E-state index contributed by atoms with van der Waals surface area (Å²) in [6.45, 7) is 1.000. The summed E-state index contributed by atoms with van der Waals surface area (Å²) < 4.78 is 8.41. The van der Waals surface area contributed by atoms with Crippen LogP contribution in [0.1, 0.15) is 11.1 Å². The fourth-order valence-electron chi connectivity index (χ4n) is 2.21. The molecular formula is C17H14IN3O3.